The van der Waals surface area contributed by atoms with Gasteiger partial charge in [0, 0.05) is 30.8 Å². The van der Waals surface area contributed by atoms with Gasteiger partial charge >= 0.3 is 6.03 Å². The second-order valence-electron chi connectivity index (χ2n) is 6.82. The van der Waals surface area contributed by atoms with E-state index in [0.29, 0.717) is 12.1 Å². The number of amides is 3. The number of urea groups is 1. The van der Waals surface area contributed by atoms with E-state index in [0.717, 1.165) is 10.5 Å². The number of hydrogen-bond donors (Lipinski definition) is 0. The molecular weight excluding hydrogens is 390 g/mol. The molecule has 142 valence electrons. The highest BCUT2D eigenvalue weighted by atomic mass is 32.2. The fourth-order valence-electron chi connectivity index (χ4n) is 3.25. The summed E-state index contributed by atoms with van der Waals surface area (Å²) in [7, 11) is 1.68. The number of likely N-dealkylation sites (N-methyl/N-ethyl adjacent to an activating group) is 1. The Morgan fingerprint density at radius 2 is 1.79 bits per heavy atom. The number of carbonyl (C=O) groups is 2. The van der Waals surface area contributed by atoms with Crippen LogP contribution < -0.4 is 4.90 Å². The standard InChI is InChI=1S/C21H19N3O2S2/c1-21(14-15-9-11-22-12-10-15)19(25)24(20(26)23(21)2)16-5-7-17(8-6-16)28-18-4-3-13-27-18/h3-13H,14H2,1-2H3. The lowest BCUT2D eigenvalue weighted by Gasteiger charge is -2.28. The third kappa shape index (κ3) is 3.31. The van der Waals surface area contributed by atoms with E-state index in [1.54, 1.807) is 42.5 Å². The van der Waals surface area contributed by atoms with Crippen LogP contribution in [-0.4, -0.2) is 34.4 Å². The van der Waals surface area contributed by atoms with Crippen molar-refractivity contribution in [3.8, 4) is 0 Å². The van der Waals surface area contributed by atoms with Gasteiger partial charge in [0.1, 0.15) is 5.54 Å². The Hall–Kier alpha value is -2.64. The molecule has 3 aromatic rings. The first kappa shape index (κ1) is 18.7. The number of hydrogen-bond acceptors (Lipinski definition) is 5. The molecule has 0 N–H and O–H groups in total. The molecule has 7 heteroatoms. The summed E-state index contributed by atoms with van der Waals surface area (Å²) < 4.78 is 1.20. The minimum Gasteiger partial charge on any atom is -0.312 e. The fourth-order valence-corrected chi connectivity index (χ4v) is 5.00. The Morgan fingerprint density at radius 1 is 1.07 bits per heavy atom. The lowest BCUT2D eigenvalue weighted by atomic mass is 9.92. The van der Waals surface area contributed by atoms with Gasteiger partial charge in [0.25, 0.3) is 5.91 Å². The van der Waals surface area contributed by atoms with Gasteiger partial charge in [0.05, 0.1) is 9.90 Å². The van der Waals surface area contributed by atoms with Crippen molar-refractivity contribution in [3.63, 3.8) is 0 Å². The summed E-state index contributed by atoms with van der Waals surface area (Å²) >= 11 is 3.35. The predicted octanol–water partition coefficient (Wildman–Crippen LogP) is 4.69. The van der Waals surface area contributed by atoms with E-state index < -0.39 is 5.54 Å². The molecule has 1 atom stereocenters. The van der Waals surface area contributed by atoms with E-state index in [4.69, 9.17) is 0 Å². The van der Waals surface area contributed by atoms with Crippen LogP contribution in [-0.2, 0) is 11.2 Å². The van der Waals surface area contributed by atoms with Gasteiger partial charge in [-0.1, -0.05) is 17.8 Å². The van der Waals surface area contributed by atoms with Crippen molar-refractivity contribution in [1.82, 2.24) is 9.88 Å². The summed E-state index contributed by atoms with van der Waals surface area (Å²) in [6.45, 7) is 1.81. The monoisotopic (exact) mass is 409 g/mol. The molecule has 0 bridgehead atoms. The summed E-state index contributed by atoms with van der Waals surface area (Å²) in [6, 6.07) is 15.1. The van der Waals surface area contributed by atoms with Gasteiger partial charge in [-0.15, -0.1) is 11.3 Å². The molecule has 2 aromatic heterocycles. The molecule has 0 aliphatic carbocycles. The molecule has 0 saturated carbocycles. The van der Waals surface area contributed by atoms with Gasteiger partial charge in [-0.3, -0.25) is 9.78 Å². The third-order valence-corrected chi connectivity index (χ3v) is 7.03. The maximum atomic E-state index is 13.2. The molecule has 0 radical (unpaired) electrons. The van der Waals surface area contributed by atoms with Crippen molar-refractivity contribution in [3.05, 3.63) is 71.9 Å². The molecule has 3 amide bonds. The van der Waals surface area contributed by atoms with Crippen LogP contribution in [0.3, 0.4) is 0 Å². The van der Waals surface area contributed by atoms with Crippen LogP contribution in [0, 0.1) is 0 Å². The van der Waals surface area contributed by atoms with E-state index in [1.807, 2.05) is 54.8 Å². The SMILES string of the molecule is CN1C(=O)N(c2ccc(Sc3cccs3)cc2)C(=O)C1(C)Cc1ccncc1. The molecule has 1 aliphatic heterocycles. The van der Waals surface area contributed by atoms with Gasteiger partial charge in [-0.2, -0.15) is 0 Å². The number of pyridine rings is 1. The molecule has 1 fully saturated rings. The quantitative estimate of drug-likeness (QED) is 0.574. The normalized spacial score (nSPS) is 19.5. The number of anilines is 1. The number of rotatable bonds is 5. The highest BCUT2D eigenvalue weighted by Crippen LogP contribution is 2.36. The number of carbonyl (C=O) groups excluding carboxylic acids is 2. The van der Waals surface area contributed by atoms with Gasteiger partial charge in [-0.05, 0) is 60.3 Å². The van der Waals surface area contributed by atoms with Gasteiger partial charge in [-0.25, -0.2) is 9.69 Å². The number of benzene rings is 1. The number of thiophene rings is 1. The molecule has 1 saturated heterocycles. The average molecular weight is 410 g/mol. The Morgan fingerprint density at radius 3 is 2.43 bits per heavy atom. The smallest absolute Gasteiger partial charge is 0.312 e. The summed E-state index contributed by atoms with van der Waals surface area (Å²) in [6.07, 6.45) is 3.84. The molecular formula is C21H19N3O2S2. The number of imide groups is 1. The summed E-state index contributed by atoms with van der Waals surface area (Å²) in [4.78, 5) is 34.0. The summed E-state index contributed by atoms with van der Waals surface area (Å²) in [5.41, 5.74) is 0.633. The molecule has 1 unspecified atom stereocenters. The van der Waals surface area contributed by atoms with Crippen LogP contribution in [0.25, 0.3) is 0 Å². The molecule has 1 aliphatic rings. The first-order chi connectivity index (χ1) is 13.5. The van der Waals surface area contributed by atoms with Crippen molar-refractivity contribution >= 4 is 40.7 Å². The second kappa shape index (κ2) is 7.41. The Balaban J connectivity index is 1.58. The fraction of sp³-hybridized carbons (Fsp3) is 0.190. The van der Waals surface area contributed by atoms with Gasteiger partial charge in [0.2, 0.25) is 0 Å². The third-order valence-electron chi connectivity index (χ3n) is 4.99. The highest BCUT2D eigenvalue weighted by molar-refractivity contribution is 8.01. The van der Waals surface area contributed by atoms with E-state index in [2.05, 4.69) is 11.1 Å². The van der Waals surface area contributed by atoms with Crippen molar-refractivity contribution in [2.45, 2.75) is 28.0 Å². The Kier molecular flexibility index (Phi) is 4.95. The van der Waals surface area contributed by atoms with E-state index >= 15 is 0 Å². The molecule has 5 nitrogen and oxygen atoms in total. The maximum Gasteiger partial charge on any atom is 0.332 e. The van der Waals surface area contributed by atoms with Crippen LogP contribution in [0.4, 0.5) is 10.5 Å². The molecule has 28 heavy (non-hydrogen) atoms. The van der Waals surface area contributed by atoms with Crippen molar-refractivity contribution < 1.29 is 9.59 Å². The van der Waals surface area contributed by atoms with Crippen LogP contribution in [0.5, 0.6) is 0 Å². The zero-order valence-electron chi connectivity index (χ0n) is 15.5. The molecule has 0 spiro atoms. The summed E-state index contributed by atoms with van der Waals surface area (Å²) in [5.74, 6) is -0.213. The van der Waals surface area contributed by atoms with Crippen molar-refractivity contribution in [2.75, 3.05) is 11.9 Å². The molecule has 4 rings (SSSR count). The summed E-state index contributed by atoms with van der Waals surface area (Å²) in [5, 5.41) is 2.04. The van der Waals surface area contributed by atoms with E-state index in [9.17, 15) is 9.59 Å². The molecule has 3 heterocycles. The largest absolute Gasteiger partial charge is 0.332 e. The van der Waals surface area contributed by atoms with Gasteiger partial charge < -0.3 is 4.90 Å². The lowest BCUT2D eigenvalue weighted by Crippen LogP contribution is -2.47. The topological polar surface area (TPSA) is 53.5 Å². The molecule has 1 aromatic carbocycles. The van der Waals surface area contributed by atoms with Crippen LogP contribution in [0.1, 0.15) is 12.5 Å². The second-order valence-corrected chi connectivity index (χ2v) is 9.14. The van der Waals surface area contributed by atoms with Crippen molar-refractivity contribution in [1.29, 1.82) is 0 Å². The number of nitrogens with zero attached hydrogens (tertiary/aromatic N) is 3. The van der Waals surface area contributed by atoms with Crippen molar-refractivity contribution in [2.24, 2.45) is 0 Å². The number of aromatic nitrogens is 1. The van der Waals surface area contributed by atoms with Gasteiger partial charge in [0.15, 0.2) is 0 Å². The minimum atomic E-state index is -0.928. The van der Waals surface area contributed by atoms with E-state index in [1.165, 1.54) is 14.0 Å². The van der Waals surface area contributed by atoms with Crippen LogP contribution >= 0.6 is 23.1 Å². The highest BCUT2D eigenvalue weighted by Gasteiger charge is 2.52. The minimum absolute atomic E-state index is 0.213. The zero-order chi connectivity index (χ0) is 19.7. The average Bonchev–Trinajstić information content (AvgIpc) is 3.27. The predicted molar refractivity (Wildman–Crippen MR) is 112 cm³/mol. The maximum absolute atomic E-state index is 13.2. The van der Waals surface area contributed by atoms with E-state index in [-0.39, 0.29) is 11.9 Å². The first-order valence-corrected chi connectivity index (χ1v) is 10.5. The zero-order valence-corrected chi connectivity index (χ0v) is 17.2. The van der Waals surface area contributed by atoms with Crippen LogP contribution in [0.15, 0.2) is 75.4 Å². The van der Waals surface area contributed by atoms with Crippen LogP contribution in [0.2, 0.25) is 0 Å². The Bertz CT molecular complexity index is 990. The lowest BCUT2D eigenvalue weighted by molar-refractivity contribution is -0.123. The Labute approximate surface area is 172 Å². The first-order valence-electron chi connectivity index (χ1n) is 8.82.